The van der Waals surface area contributed by atoms with Gasteiger partial charge in [0.15, 0.2) is 5.96 Å². The van der Waals surface area contributed by atoms with Gasteiger partial charge in [0.05, 0.1) is 19.9 Å². The SMILES string of the molecule is COc1ccc(NC(N)=NCc2cnn(C)c2C)cc1. The van der Waals surface area contributed by atoms with Crippen LogP contribution in [0.1, 0.15) is 11.3 Å². The fourth-order valence-electron chi connectivity index (χ4n) is 1.73. The molecule has 106 valence electrons. The van der Waals surface area contributed by atoms with E-state index in [1.54, 1.807) is 13.3 Å². The molecule has 0 amide bonds. The van der Waals surface area contributed by atoms with Crippen LogP contribution in [0.25, 0.3) is 0 Å². The van der Waals surface area contributed by atoms with Crippen LogP contribution in [-0.4, -0.2) is 22.8 Å². The third kappa shape index (κ3) is 3.28. The minimum atomic E-state index is 0.374. The average Bonchev–Trinajstić information content (AvgIpc) is 2.77. The number of aryl methyl sites for hydroxylation is 1. The summed E-state index contributed by atoms with van der Waals surface area (Å²) in [5.41, 5.74) is 8.88. The minimum absolute atomic E-state index is 0.374. The molecule has 3 N–H and O–H groups in total. The average molecular weight is 273 g/mol. The van der Waals surface area contributed by atoms with Crippen molar-refractivity contribution >= 4 is 11.6 Å². The normalized spacial score (nSPS) is 11.4. The first-order valence-electron chi connectivity index (χ1n) is 6.28. The zero-order valence-corrected chi connectivity index (χ0v) is 11.9. The molecule has 6 nitrogen and oxygen atoms in total. The van der Waals surface area contributed by atoms with E-state index in [4.69, 9.17) is 10.5 Å². The van der Waals surface area contributed by atoms with Gasteiger partial charge in [-0.15, -0.1) is 0 Å². The van der Waals surface area contributed by atoms with Crippen LogP contribution in [-0.2, 0) is 13.6 Å². The van der Waals surface area contributed by atoms with Crippen LogP contribution in [0.4, 0.5) is 5.69 Å². The number of aliphatic imine (C=N–C) groups is 1. The number of nitrogens with one attached hydrogen (secondary N) is 1. The van der Waals surface area contributed by atoms with Crippen molar-refractivity contribution < 1.29 is 4.74 Å². The van der Waals surface area contributed by atoms with Gasteiger partial charge in [0.1, 0.15) is 5.75 Å². The third-order valence-electron chi connectivity index (χ3n) is 3.12. The van der Waals surface area contributed by atoms with Crippen molar-refractivity contribution in [2.45, 2.75) is 13.5 Å². The fourth-order valence-corrected chi connectivity index (χ4v) is 1.73. The van der Waals surface area contributed by atoms with Crippen LogP contribution < -0.4 is 15.8 Å². The Kier molecular flexibility index (Phi) is 4.24. The summed E-state index contributed by atoms with van der Waals surface area (Å²) in [5, 5.41) is 7.20. The van der Waals surface area contributed by atoms with E-state index < -0.39 is 0 Å². The Balaban J connectivity index is 1.98. The molecule has 0 aliphatic carbocycles. The lowest BCUT2D eigenvalue weighted by Gasteiger charge is -2.06. The van der Waals surface area contributed by atoms with Gasteiger partial charge in [-0.05, 0) is 31.2 Å². The van der Waals surface area contributed by atoms with Gasteiger partial charge >= 0.3 is 0 Å². The first kappa shape index (κ1) is 13.9. The zero-order chi connectivity index (χ0) is 14.5. The molecule has 0 aliphatic heterocycles. The molecule has 6 heteroatoms. The van der Waals surface area contributed by atoms with Crippen molar-refractivity contribution in [1.82, 2.24) is 9.78 Å². The lowest BCUT2D eigenvalue weighted by molar-refractivity contribution is 0.415. The summed E-state index contributed by atoms with van der Waals surface area (Å²) in [6, 6.07) is 7.49. The van der Waals surface area contributed by atoms with E-state index >= 15 is 0 Å². The topological polar surface area (TPSA) is 77.5 Å². The maximum Gasteiger partial charge on any atom is 0.193 e. The minimum Gasteiger partial charge on any atom is -0.497 e. The van der Waals surface area contributed by atoms with Crippen LogP contribution >= 0.6 is 0 Å². The summed E-state index contributed by atoms with van der Waals surface area (Å²) in [5.74, 6) is 1.18. The number of nitrogens with zero attached hydrogens (tertiary/aromatic N) is 3. The van der Waals surface area contributed by atoms with Crippen molar-refractivity contribution in [3.63, 3.8) is 0 Å². The second kappa shape index (κ2) is 6.10. The predicted molar refractivity (Wildman–Crippen MR) is 79.9 cm³/mol. The Labute approximate surface area is 118 Å². The number of hydrogen-bond donors (Lipinski definition) is 2. The molecular formula is C14H19N5O. The van der Waals surface area contributed by atoms with Crippen LogP contribution in [0.15, 0.2) is 35.5 Å². The lowest BCUT2D eigenvalue weighted by Crippen LogP contribution is -2.22. The zero-order valence-electron chi connectivity index (χ0n) is 11.9. The van der Waals surface area contributed by atoms with Crippen molar-refractivity contribution in [3.05, 3.63) is 41.7 Å². The number of guanidine groups is 1. The summed E-state index contributed by atoms with van der Waals surface area (Å²) < 4.78 is 6.91. The Morgan fingerprint density at radius 1 is 1.40 bits per heavy atom. The van der Waals surface area contributed by atoms with E-state index in [1.807, 2.05) is 42.9 Å². The first-order valence-corrected chi connectivity index (χ1v) is 6.28. The highest BCUT2D eigenvalue weighted by Crippen LogP contribution is 2.14. The highest BCUT2D eigenvalue weighted by molar-refractivity contribution is 5.92. The number of rotatable bonds is 4. The number of methoxy groups -OCH3 is 1. The quantitative estimate of drug-likeness (QED) is 0.656. The Hall–Kier alpha value is -2.50. The third-order valence-corrected chi connectivity index (χ3v) is 3.12. The summed E-state index contributed by atoms with van der Waals surface area (Å²) in [6.07, 6.45) is 1.81. The molecule has 0 saturated heterocycles. The Morgan fingerprint density at radius 2 is 2.10 bits per heavy atom. The smallest absolute Gasteiger partial charge is 0.193 e. The van der Waals surface area contributed by atoms with E-state index in [2.05, 4.69) is 15.4 Å². The largest absolute Gasteiger partial charge is 0.497 e. The van der Waals surface area contributed by atoms with Gasteiger partial charge in [0, 0.05) is 24.0 Å². The molecule has 1 aromatic carbocycles. The maximum absolute atomic E-state index is 5.86. The van der Waals surface area contributed by atoms with Crippen molar-refractivity contribution in [2.75, 3.05) is 12.4 Å². The molecule has 2 aromatic rings. The van der Waals surface area contributed by atoms with Gasteiger partial charge in [-0.25, -0.2) is 4.99 Å². The maximum atomic E-state index is 5.86. The van der Waals surface area contributed by atoms with E-state index in [9.17, 15) is 0 Å². The van der Waals surface area contributed by atoms with Gasteiger partial charge in [-0.2, -0.15) is 5.10 Å². The molecule has 0 bridgehead atoms. The molecular weight excluding hydrogens is 254 g/mol. The molecule has 0 unspecified atom stereocenters. The van der Waals surface area contributed by atoms with E-state index in [-0.39, 0.29) is 0 Å². The molecule has 0 saturated carbocycles. The van der Waals surface area contributed by atoms with Crippen LogP contribution in [0.5, 0.6) is 5.75 Å². The Morgan fingerprint density at radius 3 is 2.65 bits per heavy atom. The summed E-state index contributed by atoms with van der Waals surface area (Å²) >= 11 is 0. The molecule has 0 radical (unpaired) electrons. The molecule has 2 rings (SSSR count). The van der Waals surface area contributed by atoms with Crippen LogP contribution in [0, 0.1) is 6.92 Å². The molecule has 1 aromatic heterocycles. The monoisotopic (exact) mass is 273 g/mol. The van der Waals surface area contributed by atoms with Gasteiger partial charge in [0.2, 0.25) is 0 Å². The number of anilines is 1. The van der Waals surface area contributed by atoms with Crippen LogP contribution in [0.2, 0.25) is 0 Å². The lowest BCUT2D eigenvalue weighted by atomic mass is 10.3. The Bertz CT molecular complexity index is 601. The molecule has 1 heterocycles. The second-order valence-corrected chi connectivity index (χ2v) is 4.43. The number of hydrogen-bond acceptors (Lipinski definition) is 3. The van der Waals surface area contributed by atoms with Crippen molar-refractivity contribution in [1.29, 1.82) is 0 Å². The molecule has 0 fully saturated rings. The van der Waals surface area contributed by atoms with Gasteiger partial charge in [-0.1, -0.05) is 0 Å². The summed E-state index contributed by atoms with van der Waals surface area (Å²) in [6.45, 7) is 2.51. The standard InChI is InChI=1S/C14H19N5O/c1-10-11(9-17-19(10)2)8-16-14(15)18-12-4-6-13(20-3)7-5-12/h4-7,9H,8H2,1-3H3,(H3,15,16,18). The number of nitrogens with two attached hydrogens (primary N) is 1. The highest BCUT2D eigenvalue weighted by atomic mass is 16.5. The summed E-state index contributed by atoms with van der Waals surface area (Å²) in [4.78, 5) is 4.31. The highest BCUT2D eigenvalue weighted by Gasteiger charge is 2.03. The number of ether oxygens (including phenoxy) is 1. The summed E-state index contributed by atoms with van der Waals surface area (Å²) in [7, 11) is 3.54. The van der Waals surface area contributed by atoms with Gasteiger partial charge < -0.3 is 15.8 Å². The second-order valence-electron chi connectivity index (χ2n) is 4.43. The van der Waals surface area contributed by atoms with Crippen molar-refractivity contribution in [3.8, 4) is 5.75 Å². The molecule has 0 atom stereocenters. The fraction of sp³-hybridized carbons (Fsp3) is 0.286. The number of benzene rings is 1. The van der Waals surface area contributed by atoms with E-state index in [1.165, 1.54) is 0 Å². The van der Waals surface area contributed by atoms with Gasteiger partial charge in [0.25, 0.3) is 0 Å². The van der Waals surface area contributed by atoms with E-state index in [0.717, 1.165) is 22.7 Å². The predicted octanol–water partition coefficient (Wildman–Crippen LogP) is 1.66. The van der Waals surface area contributed by atoms with Crippen molar-refractivity contribution in [2.24, 2.45) is 17.8 Å². The number of aromatic nitrogens is 2. The van der Waals surface area contributed by atoms with Gasteiger partial charge in [-0.3, -0.25) is 4.68 Å². The first-order chi connectivity index (χ1) is 9.60. The van der Waals surface area contributed by atoms with E-state index in [0.29, 0.717) is 12.5 Å². The molecule has 0 aliphatic rings. The van der Waals surface area contributed by atoms with Crippen LogP contribution in [0.3, 0.4) is 0 Å². The molecule has 20 heavy (non-hydrogen) atoms. The molecule has 0 spiro atoms.